The zero-order valence-electron chi connectivity index (χ0n) is 17.4. The molecule has 2 N–H and O–H groups in total. The molecule has 2 aromatic carbocycles. The van der Waals surface area contributed by atoms with Crippen molar-refractivity contribution in [1.82, 2.24) is 4.90 Å². The maximum absolute atomic E-state index is 12.9. The van der Waals surface area contributed by atoms with E-state index in [9.17, 15) is 14.4 Å². The standard InChI is InChI=1S/C22H25Cl2N3O3/c1-5-27(13-18(28)26-19-16(23)10-7-11-17(19)24)20(29)14-8-6-9-15(12-14)25-21(30)22(2,3)4/h6-12H,5,13H2,1-4H3,(H,25,30)(H,26,28). The van der Waals surface area contributed by atoms with Crippen LogP contribution >= 0.6 is 23.2 Å². The van der Waals surface area contributed by atoms with Crippen molar-refractivity contribution >= 4 is 52.3 Å². The highest BCUT2D eigenvalue weighted by Gasteiger charge is 2.22. The number of amides is 3. The van der Waals surface area contributed by atoms with Crippen LogP contribution in [0.15, 0.2) is 42.5 Å². The summed E-state index contributed by atoms with van der Waals surface area (Å²) in [6.07, 6.45) is 0. The van der Waals surface area contributed by atoms with Crippen LogP contribution in [0.2, 0.25) is 10.0 Å². The van der Waals surface area contributed by atoms with Crippen molar-refractivity contribution < 1.29 is 14.4 Å². The normalized spacial score (nSPS) is 11.0. The summed E-state index contributed by atoms with van der Waals surface area (Å²) < 4.78 is 0. The number of benzene rings is 2. The van der Waals surface area contributed by atoms with Gasteiger partial charge in [0.2, 0.25) is 11.8 Å². The largest absolute Gasteiger partial charge is 0.330 e. The first kappa shape index (κ1) is 23.7. The van der Waals surface area contributed by atoms with Crippen LogP contribution in [0, 0.1) is 5.41 Å². The van der Waals surface area contributed by atoms with Crippen molar-refractivity contribution in [3.8, 4) is 0 Å². The number of carbonyl (C=O) groups is 3. The van der Waals surface area contributed by atoms with E-state index in [1.165, 1.54) is 4.90 Å². The van der Waals surface area contributed by atoms with E-state index in [4.69, 9.17) is 23.2 Å². The van der Waals surface area contributed by atoms with Gasteiger partial charge in [-0.15, -0.1) is 0 Å². The number of likely N-dealkylation sites (N-methyl/N-ethyl adjacent to an activating group) is 1. The molecule has 3 amide bonds. The lowest BCUT2D eigenvalue weighted by Gasteiger charge is -2.22. The molecule has 2 rings (SSSR count). The summed E-state index contributed by atoms with van der Waals surface area (Å²) in [5.74, 6) is -0.905. The van der Waals surface area contributed by atoms with Gasteiger partial charge < -0.3 is 15.5 Å². The maximum Gasteiger partial charge on any atom is 0.254 e. The summed E-state index contributed by atoms with van der Waals surface area (Å²) in [6.45, 7) is 7.34. The highest BCUT2D eigenvalue weighted by atomic mass is 35.5. The van der Waals surface area contributed by atoms with Crippen LogP contribution in [0.3, 0.4) is 0 Å². The van der Waals surface area contributed by atoms with Gasteiger partial charge in [-0.1, -0.05) is 56.1 Å². The monoisotopic (exact) mass is 449 g/mol. The summed E-state index contributed by atoms with van der Waals surface area (Å²) in [6, 6.07) is 11.5. The van der Waals surface area contributed by atoms with Gasteiger partial charge in [-0.25, -0.2) is 0 Å². The molecular weight excluding hydrogens is 425 g/mol. The molecule has 0 atom stereocenters. The Hall–Kier alpha value is -2.57. The fourth-order valence-corrected chi connectivity index (χ4v) is 3.02. The van der Waals surface area contributed by atoms with Crippen molar-refractivity contribution in [3.05, 3.63) is 58.1 Å². The lowest BCUT2D eigenvalue weighted by Crippen LogP contribution is -2.38. The molecule has 0 aromatic heterocycles. The highest BCUT2D eigenvalue weighted by molar-refractivity contribution is 6.39. The number of anilines is 2. The molecule has 0 saturated heterocycles. The number of halogens is 2. The molecule has 8 heteroatoms. The van der Waals surface area contributed by atoms with Crippen LogP contribution in [-0.4, -0.2) is 35.7 Å². The Bertz CT molecular complexity index is 935. The Labute approximate surface area is 186 Å². The van der Waals surface area contributed by atoms with Crippen molar-refractivity contribution in [2.24, 2.45) is 5.41 Å². The third-order valence-electron chi connectivity index (χ3n) is 4.28. The Kier molecular flexibility index (Phi) is 7.87. The van der Waals surface area contributed by atoms with E-state index in [0.29, 0.717) is 33.5 Å². The lowest BCUT2D eigenvalue weighted by molar-refractivity contribution is -0.123. The number of carbonyl (C=O) groups excluding carboxylic acids is 3. The van der Waals surface area contributed by atoms with Crippen LogP contribution in [0.1, 0.15) is 38.1 Å². The number of hydrogen-bond donors (Lipinski definition) is 2. The Balaban J connectivity index is 2.11. The summed E-state index contributed by atoms with van der Waals surface area (Å²) in [5, 5.41) is 6.08. The molecule has 160 valence electrons. The van der Waals surface area contributed by atoms with Gasteiger partial charge in [-0.2, -0.15) is 0 Å². The van der Waals surface area contributed by atoms with E-state index in [2.05, 4.69) is 10.6 Å². The second kappa shape index (κ2) is 9.96. The van der Waals surface area contributed by atoms with Crippen LogP contribution in [0.5, 0.6) is 0 Å². The first-order valence-electron chi connectivity index (χ1n) is 9.47. The van der Waals surface area contributed by atoms with E-state index in [1.54, 1.807) is 70.2 Å². The summed E-state index contributed by atoms with van der Waals surface area (Å²) >= 11 is 12.2. The van der Waals surface area contributed by atoms with Gasteiger partial charge in [0.05, 0.1) is 15.7 Å². The second-order valence-corrected chi connectivity index (χ2v) is 8.56. The molecule has 6 nitrogen and oxygen atoms in total. The quantitative estimate of drug-likeness (QED) is 0.645. The van der Waals surface area contributed by atoms with Crippen LogP contribution < -0.4 is 10.6 Å². The van der Waals surface area contributed by atoms with Crippen molar-refractivity contribution in [2.45, 2.75) is 27.7 Å². The number of rotatable bonds is 6. The predicted octanol–water partition coefficient (Wildman–Crippen LogP) is 5.08. The molecular formula is C22H25Cl2N3O3. The van der Waals surface area contributed by atoms with Crippen LogP contribution in [0.4, 0.5) is 11.4 Å². The average Bonchev–Trinajstić information content (AvgIpc) is 2.68. The van der Waals surface area contributed by atoms with Crippen molar-refractivity contribution in [3.63, 3.8) is 0 Å². The number of nitrogens with one attached hydrogen (secondary N) is 2. The van der Waals surface area contributed by atoms with Gasteiger partial charge in [0.15, 0.2) is 0 Å². The van der Waals surface area contributed by atoms with E-state index in [1.807, 2.05) is 0 Å². The molecule has 0 fully saturated rings. The average molecular weight is 450 g/mol. The van der Waals surface area contributed by atoms with E-state index in [-0.39, 0.29) is 18.4 Å². The van der Waals surface area contributed by atoms with Crippen molar-refractivity contribution in [1.29, 1.82) is 0 Å². The fourth-order valence-electron chi connectivity index (χ4n) is 2.53. The van der Waals surface area contributed by atoms with Crippen molar-refractivity contribution in [2.75, 3.05) is 23.7 Å². The van der Waals surface area contributed by atoms with Crippen LogP contribution in [0.25, 0.3) is 0 Å². The zero-order valence-corrected chi connectivity index (χ0v) is 18.9. The first-order chi connectivity index (χ1) is 14.0. The van der Waals surface area contributed by atoms with Gasteiger partial charge >= 0.3 is 0 Å². The topological polar surface area (TPSA) is 78.5 Å². The van der Waals surface area contributed by atoms with Gasteiger partial charge in [-0.3, -0.25) is 14.4 Å². The molecule has 0 aliphatic heterocycles. The fraction of sp³-hybridized carbons (Fsp3) is 0.318. The van der Waals surface area contributed by atoms with E-state index < -0.39 is 11.3 Å². The molecule has 0 saturated carbocycles. The molecule has 0 aliphatic rings. The highest BCUT2D eigenvalue weighted by Crippen LogP contribution is 2.29. The van der Waals surface area contributed by atoms with Gasteiger partial charge in [0.25, 0.3) is 5.91 Å². The van der Waals surface area contributed by atoms with Gasteiger partial charge in [0, 0.05) is 23.2 Å². The Morgan fingerprint density at radius 3 is 2.13 bits per heavy atom. The van der Waals surface area contributed by atoms with Crippen LogP contribution in [-0.2, 0) is 9.59 Å². The van der Waals surface area contributed by atoms with E-state index >= 15 is 0 Å². The molecule has 2 aromatic rings. The molecule has 0 heterocycles. The molecule has 0 spiro atoms. The third kappa shape index (κ3) is 6.21. The molecule has 0 radical (unpaired) electrons. The SMILES string of the molecule is CCN(CC(=O)Nc1c(Cl)cccc1Cl)C(=O)c1cccc(NC(=O)C(C)(C)C)c1. The summed E-state index contributed by atoms with van der Waals surface area (Å²) in [5.41, 5.74) is 0.630. The smallest absolute Gasteiger partial charge is 0.254 e. The minimum absolute atomic E-state index is 0.157. The van der Waals surface area contributed by atoms with E-state index in [0.717, 1.165) is 0 Å². The molecule has 0 unspecified atom stereocenters. The molecule has 0 aliphatic carbocycles. The summed E-state index contributed by atoms with van der Waals surface area (Å²) in [4.78, 5) is 39.0. The number of hydrogen-bond acceptors (Lipinski definition) is 3. The third-order valence-corrected chi connectivity index (χ3v) is 4.91. The lowest BCUT2D eigenvalue weighted by atomic mass is 9.95. The number of nitrogens with zero attached hydrogens (tertiary/aromatic N) is 1. The van der Waals surface area contributed by atoms with Gasteiger partial charge in [-0.05, 0) is 37.3 Å². The predicted molar refractivity (Wildman–Crippen MR) is 121 cm³/mol. The molecule has 0 bridgehead atoms. The zero-order chi connectivity index (χ0) is 22.5. The van der Waals surface area contributed by atoms with Gasteiger partial charge in [0.1, 0.15) is 6.54 Å². The Morgan fingerprint density at radius 1 is 0.967 bits per heavy atom. The minimum Gasteiger partial charge on any atom is -0.330 e. The second-order valence-electron chi connectivity index (χ2n) is 7.75. The first-order valence-corrected chi connectivity index (χ1v) is 10.2. The molecule has 30 heavy (non-hydrogen) atoms. The maximum atomic E-state index is 12.9. The summed E-state index contributed by atoms with van der Waals surface area (Å²) in [7, 11) is 0. The minimum atomic E-state index is -0.562. The number of para-hydroxylation sites is 1. The Morgan fingerprint density at radius 2 is 1.57 bits per heavy atom.